The Labute approximate surface area is 180 Å². The van der Waals surface area contributed by atoms with E-state index >= 15 is 0 Å². The summed E-state index contributed by atoms with van der Waals surface area (Å²) in [6.07, 6.45) is -0.295. The predicted octanol–water partition coefficient (Wildman–Crippen LogP) is 2.00. The molecule has 4 rings (SSSR count). The van der Waals surface area contributed by atoms with Crippen LogP contribution in [0.2, 0.25) is 0 Å². The first-order valence-electron chi connectivity index (χ1n) is 11.0. The molecule has 0 bridgehead atoms. The van der Waals surface area contributed by atoms with E-state index in [9.17, 15) is 5.11 Å². The summed E-state index contributed by atoms with van der Waals surface area (Å²) >= 11 is 0. The van der Waals surface area contributed by atoms with Gasteiger partial charge in [0.2, 0.25) is 0 Å². The lowest BCUT2D eigenvalue weighted by Gasteiger charge is -2.39. The van der Waals surface area contributed by atoms with Crippen LogP contribution in [0.3, 0.4) is 0 Å². The van der Waals surface area contributed by atoms with Crippen LogP contribution in [-0.2, 0) is 0 Å². The summed E-state index contributed by atoms with van der Waals surface area (Å²) in [6.45, 7) is 9.51. The highest BCUT2D eigenvalue weighted by atomic mass is 16.5. The molecule has 0 saturated carbocycles. The van der Waals surface area contributed by atoms with Crippen molar-refractivity contribution in [3.8, 4) is 5.75 Å². The number of methoxy groups -OCH3 is 1. The molecule has 2 aliphatic rings. The van der Waals surface area contributed by atoms with E-state index in [1.807, 2.05) is 12.1 Å². The molecule has 162 valence electrons. The van der Waals surface area contributed by atoms with E-state index in [1.54, 1.807) is 7.11 Å². The first kappa shape index (κ1) is 21.0. The molecule has 0 amide bonds. The number of rotatable bonds is 7. The van der Waals surface area contributed by atoms with Gasteiger partial charge in [-0.05, 0) is 24.3 Å². The van der Waals surface area contributed by atoms with Crippen molar-refractivity contribution < 1.29 is 9.84 Å². The lowest BCUT2D eigenvalue weighted by Crippen LogP contribution is -2.52. The second kappa shape index (κ2) is 10.2. The average Bonchev–Trinajstić information content (AvgIpc) is 2.80. The Hall–Kier alpha value is -2.28. The van der Waals surface area contributed by atoms with Crippen LogP contribution in [0.1, 0.15) is 0 Å². The van der Waals surface area contributed by atoms with Gasteiger partial charge < -0.3 is 19.6 Å². The SMILES string of the molecule is COc1cccc(N2CCN(CC(O)CN3CCN(c4ccccc4)CC3)CC2)c1. The van der Waals surface area contributed by atoms with Crippen molar-refractivity contribution in [1.82, 2.24) is 9.80 Å². The van der Waals surface area contributed by atoms with Gasteiger partial charge in [-0.3, -0.25) is 9.80 Å². The summed E-state index contributed by atoms with van der Waals surface area (Å²) < 4.78 is 5.35. The Kier molecular flexibility index (Phi) is 7.10. The summed E-state index contributed by atoms with van der Waals surface area (Å²) in [6, 6.07) is 18.9. The second-order valence-corrected chi connectivity index (χ2v) is 8.27. The normalized spacial score (nSPS) is 19.7. The minimum absolute atomic E-state index is 0.295. The standard InChI is InChI=1S/C24H34N4O2/c1-30-24-9-5-8-22(18-24)28-16-12-26(13-17-28)20-23(29)19-25-10-14-27(15-11-25)21-6-3-2-4-7-21/h2-9,18,23,29H,10-17,19-20H2,1H3. The van der Waals surface area contributed by atoms with Gasteiger partial charge in [0.1, 0.15) is 5.75 Å². The number of anilines is 2. The van der Waals surface area contributed by atoms with Gasteiger partial charge in [0, 0.05) is 82.9 Å². The maximum atomic E-state index is 10.7. The summed E-state index contributed by atoms with van der Waals surface area (Å²) in [4.78, 5) is 9.62. The van der Waals surface area contributed by atoms with Crippen molar-refractivity contribution >= 4 is 11.4 Å². The molecular formula is C24H34N4O2. The highest BCUT2D eigenvalue weighted by Gasteiger charge is 2.23. The molecule has 30 heavy (non-hydrogen) atoms. The Bertz CT molecular complexity index is 772. The fourth-order valence-electron chi connectivity index (χ4n) is 4.48. The molecule has 2 aliphatic heterocycles. The third-order valence-corrected chi connectivity index (χ3v) is 6.22. The maximum absolute atomic E-state index is 10.7. The van der Waals surface area contributed by atoms with Crippen LogP contribution >= 0.6 is 0 Å². The number of β-amino-alcohol motifs (C(OH)–C–C–N with tert-alkyl or cyclic N) is 1. The molecule has 6 nitrogen and oxygen atoms in total. The Morgan fingerprint density at radius 3 is 1.83 bits per heavy atom. The van der Waals surface area contributed by atoms with Crippen molar-refractivity contribution in [2.75, 3.05) is 82.4 Å². The monoisotopic (exact) mass is 410 g/mol. The van der Waals surface area contributed by atoms with Gasteiger partial charge >= 0.3 is 0 Å². The van der Waals surface area contributed by atoms with E-state index in [4.69, 9.17) is 4.74 Å². The summed E-state index contributed by atoms with van der Waals surface area (Å²) in [7, 11) is 1.71. The Morgan fingerprint density at radius 1 is 0.733 bits per heavy atom. The third kappa shape index (κ3) is 5.45. The minimum Gasteiger partial charge on any atom is -0.497 e. The van der Waals surface area contributed by atoms with Crippen molar-refractivity contribution in [3.63, 3.8) is 0 Å². The first-order chi connectivity index (χ1) is 14.7. The molecule has 2 fully saturated rings. The number of aliphatic hydroxyl groups is 1. The molecule has 0 spiro atoms. The van der Waals surface area contributed by atoms with E-state index in [2.05, 4.69) is 62.1 Å². The molecule has 2 heterocycles. The van der Waals surface area contributed by atoms with E-state index in [0.717, 1.165) is 71.2 Å². The van der Waals surface area contributed by atoms with Crippen molar-refractivity contribution in [2.45, 2.75) is 6.10 Å². The van der Waals surface area contributed by atoms with E-state index < -0.39 is 0 Å². The molecule has 0 radical (unpaired) electrons. The second-order valence-electron chi connectivity index (χ2n) is 8.27. The molecule has 2 saturated heterocycles. The van der Waals surface area contributed by atoms with Crippen LogP contribution in [0, 0.1) is 0 Å². The number of piperazine rings is 2. The van der Waals surface area contributed by atoms with E-state index in [-0.39, 0.29) is 6.10 Å². The summed E-state index contributed by atoms with van der Waals surface area (Å²) in [5.41, 5.74) is 2.51. The van der Waals surface area contributed by atoms with Gasteiger partial charge in [-0.1, -0.05) is 24.3 Å². The van der Waals surface area contributed by atoms with Gasteiger partial charge in [0.25, 0.3) is 0 Å². The topological polar surface area (TPSA) is 42.4 Å². The van der Waals surface area contributed by atoms with Crippen molar-refractivity contribution in [2.24, 2.45) is 0 Å². The van der Waals surface area contributed by atoms with E-state index in [0.29, 0.717) is 0 Å². The number of hydrogen-bond donors (Lipinski definition) is 1. The number of aliphatic hydroxyl groups excluding tert-OH is 1. The molecule has 2 aromatic carbocycles. The Balaban J connectivity index is 1.18. The Morgan fingerprint density at radius 2 is 1.27 bits per heavy atom. The molecule has 0 aliphatic carbocycles. The molecular weight excluding hydrogens is 376 g/mol. The van der Waals surface area contributed by atoms with Crippen LogP contribution < -0.4 is 14.5 Å². The maximum Gasteiger partial charge on any atom is 0.120 e. The van der Waals surface area contributed by atoms with Gasteiger partial charge in [0.15, 0.2) is 0 Å². The van der Waals surface area contributed by atoms with Gasteiger partial charge in [0.05, 0.1) is 13.2 Å². The zero-order chi connectivity index (χ0) is 20.8. The number of para-hydroxylation sites is 1. The fraction of sp³-hybridized carbons (Fsp3) is 0.500. The zero-order valence-electron chi connectivity index (χ0n) is 18.0. The molecule has 2 aromatic rings. The fourth-order valence-corrected chi connectivity index (χ4v) is 4.48. The van der Waals surface area contributed by atoms with Crippen LogP contribution in [0.5, 0.6) is 5.75 Å². The van der Waals surface area contributed by atoms with Crippen LogP contribution in [0.15, 0.2) is 54.6 Å². The number of nitrogens with zero attached hydrogens (tertiary/aromatic N) is 4. The van der Waals surface area contributed by atoms with Gasteiger partial charge in [-0.2, -0.15) is 0 Å². The zero-order valence-corrected chi connectivity index (χ0v) is 18.0. The van der Waals surface area contributed by atoms with Crippen LogP contribution in [-0.4, -0.2) is 93.6 Å². The van der Waals surface area contributed by atoms with Gasteiger partial charge in [-0.25, -0.2) is 0 Å². The van der Waals surface area contributed by atoms with E-state index in [1.165, 1.54) is 11.4 Å². The van der Waals surface area contributed by atoms with Crippen LogP contribution in [0.25, 0.3) is 0 Å². The van der Waals surface area contributed by atoms with Crippen molar-refractivity contribution in [1.29, 1.82) is 0 Å². The summed E-state index contributed by atoms with van der Waals surface area (Å²) in [5.74, 6) is 0.901. The highest BCUT2D eigenvalue weighted by Crippen LogP contribution is 2.22. The molecule has 6 heteroatoms. The minimum atomic E-state index is -0.295. The molecule has 1 atom stereocenters. The predicted molar refractivity (Wildman–Crippen MR) is 123 cm³/mol. The quantitative estimate of drug-likeness (QED) is 0.753. The highest BCUT2D eigenvalue weighted by molar-refractivity contribution is 5.51. The molecule has 1 N–H and O–H groups in total. The number of benzene rings is 2. The molecule has 1 unspecified atom stereocenters. The lowest BCUT2D eigenvalue weighted by molar-refractivity contribution is 0.0697. The van der Waals surface area contributed by atoms with Gasteiger partial charge in [-0.15, -0.1) is 0 Å². The number of ether oxygens (including phenoxy) is 1. The largest absolute Gasteiger partial charge is 0.497 e. The first-order valence-corrected chi connectivity index (χ1v) is 11.0. The smallest absolute Gasteiger partial charge is 0.120 e. The lowest BCUT2D eigenvalue weighted by atomic mass is 10.2. The van der Waals surface area contributed by atoms with Crippen molar-refractivity contribution in [3.05, 3.63) is 54.6 Å². The molecule has 0 aromatic heterocycles. The number of hydrogen-bond acceptors (Lipinski definition) is 6. The third-order valence-electron chi connectivity index (χ3n) is 6.22. The van der Waals surface area contributed by atoms with Crippen LogP contribution in [0.4, 0.5) is 11.4 Å². The average molecular weight is 411 g/mol. The summed E-state index contributed by atoms with van der Waals surface area (Å²) in [5, 5.41) is 10.7.